The number of amides is 1. The van der Waals surface area contributed by atoms with Gasteiger partial charge in [0.2, 0.25) is 5.91 Å². The maximum Gasteiger partial charge on any atom is 0.337 e. The summed E-state index contributed by atoms with van der Waals surface area (Å²) in [5.41, 5.74) is 4.94. The second kappa shape index (κ2) is 5.05. The van der Waals surface area contributed by atoms with E-state index in [9.17, 15) is 9.59 Å². The summed E-state index contributed by atoms with van der Waals surface area (Å²) in [5, 5.41) is 11.8. The van der Waals surface area contributed by atoms with E-state index in [2.05, 4.69) is 5.32 Å². The summed E-state index contributed by atoms with van der Waals surface area (Å²) in [6.45, 7) is -0.207. The van der Waals surface area contributed by atoms with Gasteiger partial charge in [0.25, 0.3) is 0 Å². The van der Waals surface area contributed by atoms with Gasteiger partial charge in [-0.05, 0) is 12.1 Å². The molecule has 0 spiro atoms. The number of hydrogen-bond acceptors (Lipinski definition) is 3. The van der Waals surface area contributed by atoms with Crippen LogP contribution in [0, 0.1) is 0 Å². The molecule has 0 aliphatic heterocycles. The number of carboxylic acid groups (broad SMARTS) is 1. The number of hydrogen-bond donors (Lipinski definition) is 3. The number of carbonyl (C=O) groups is 2. The molecule has 7 heteroatoms. The van der Waals surface area contributed by atoms with Crippen LogP contribution >= 0.6 is 23.2 Å². The lowest BCUT2D eigenvalue weighted by atomic mass is 10.1. The molecule has 0 bridgehead atoms. The molecule has 0 saturated carbocycles. The largest absolute Gasteiger partial charge is 0.478 e. The predicted octanol–water partition coefficient (Wildman–Crippen LogP) is 1.59. The second-order valence-corrected chi connectivity index (χ2v) is 3.78. The third-order valence-electron chi connectivity index (χ3n) is 1.72. The van der Waals surface area contributed by atoms with Crippen molar-refractivity contribution in [3.63, 3.8) is 0 Å². The number of halogens is 2. The van der Waals surface area contributed by atoms with E-state index in [-0.39, 0.29) is 27.8 Å². The highest BCUT2D eigenvalue weighted by molar-refractivity contribution is 6.37. The zero-order valence-electron chi connectivity index (χ0n) is 7.96. The van der Waals surface area contributed by atoms with Gasteiger partial charge in [0.05, 0.1) is 22.8 Å². The van der Waals surface area contributed by atoms with Crippen molar-refractivity contribution in [2.24, 2.45) is 5.73 Å². The van der Waals surface area contributed by atoms with E-state index < -0.39 is 11.9 Å². The fraction of sp³-hybridized carbons (Fsp3) is 0.111. The third kappa shape index (κ3) is 3.01. The lowest BCUT2D eigenvalue weighted by molar-refractivity contribution is -0.116. The molecule has 16 heavy (non-hydrogen) atoms. The van der Waals surface area contributed by atoms with Crippen molar-refractivity contribution in [1.82, 2.24) is 0 Å². The van der Waals surface area contributed by atoms with Crippen LogP contribution in [0.4, 0.5) is 5.69 Å². The molecule has 0 fully saturated rings. The number of carboxylic acids is 1. The predicted molar refractivity (Wildman–Crippen MR) is 61.1 cm³/mol. The fourth-order valence-corrected chi connectivity index (χ4v) is 1.66. The summed E-state index contributed by atoms with van der Waals surface area (Å²) in [6.07, 6.45) is 0. The van der Waals surface area contributed by atoms with E-state index in [4.69, 9.17) is 34.0 Å². The molecule has 86 valence electrons. The zero-order valence-corrected chi connectivity index (χ0v) is 9.47. The summed E-state index contributed by atoms with van der Waals surface area (Å²) >= 11 is 11.5. The third-order valence-corrected chi connectivity index (χ3v) is 2.24. The fourth-order valence-electron chi connectivity index (χ4n) is 1.10. The van der Waals surface area contributed by atoms with Gasteiger partial charge in [-0.15, -0.1) is 0 Å². The van der Waals surface area contributed by atoms with Crippen molar-refractivity contribution in [3.05, 3.63) is 27.7 Å². The van der Waals surface area contributed by atoms with E-state index in [1.807, 2.05) is 0 Å². The molecule has 0 aromatic heterocycles. The molecule has 1 aromatic rings. The van der Waals surface area contributed by atoms with Gasteiger partial charge in [0.1, 0.15) is 0 Å². The molecule has 1 aromatic carbocycles. The van der Waals surface area contributed by atoms with Crippen molar-refractivity contribution in [3.8, 4) is 0 Å². The number of benzene rings is 1. The Morgan fingerprint density at radius 2 is 2.00 bits per heavy atom. The summed E-state index contributed by atoms with van der Waals surface area (Å²) in [6, 6.07) is 2.61. The molecule has 0 aliphatic rings. The van der Waals surface area contributed by atoms with Gasteiger partial charge in [-0.2, -0.15) is 0 Å². The zero-order chi connectivity index (χ0) is 12.3. The summed E-state index contributed by atoms with van der Waals surface area (Å²) in [5.74, 6) is -1.82. The molecule has 0 radical (unpaired) electrons. The monoisotopic (exact) mass is 262 g/mol. The van der Waals surface area contributed by atoms with Crippen LogP contribution in [-0.4, -0.2) is 23.5 Å². The summed E-state index contributed by atoms with van der Waals surface area (Å²) in [4.78, 5) is 21.5. The van der Waals surface area contributed by atoms with E-state index in [1.165, 1.54) is 12.1 Å². The minimum atomic E-state index is -1.20. The number of rotatable bonds is 4. The lowest BCUT2D eigenvalue weighted by Gasteiger charge is -2.10. The van der Waals surface area contributed by atoms with E-state index in [0.29, 0.717) is 0 Å². The molecule has 1 rings (SSSR count). The number of anilines is 1. The number of aromatic carboxylic acids is 1. The Kier molecular flexibility index (Phi) is 3.98. The van der Waals surface area contributed by atoms with Gasteiger partial charge >= 0.3 is 5.97 Å². The van der Waals surface area contributed by atoms with E-state index >= 15 is 0 Å². The Balaban J connectivity index is 3.14. The first kappa shape index (κ1) is 12.6. The average Bonchev–Trinajstić information content (AvgIpc) is 2.14. The topological polar surface area (TPSA) is 92.4 Å². The summed E-state index contributed by atoms with van der Waals surface area (Å²) < 4.78 is 0. The summed E-state index contributed by atoms with van der Waals surface area (Å²) in [7, 11) is 0. The molecule has 0 saturated heterocycles. The highest BCUT2D eigenvalue weighted by Gasteiger charge is 2.15. The molecule has 0 atom stereocenters. The van der Waals surface area contributed by atoms with Crippen LogP contribution in [0.2, 0.25) is 10.0 Å². The van der Waals surface area contributed by atoms with Crippen LogP contribution in [0.15, 0.2) is 12.1 Å². The number of carbonyl (C=O) groups excluding carboxylic acids is 1. The molecule has 1 amide bonds. The first-order valence-corrected chi connectivity index (χ1v) is 4.92. The van der Waals surface area contributed by atoms with Crippen molar-refractivity contribution in [2.45, 2.75) is 0 Å². The number of nitrogens with two attached hydrogens (primary N) is 1. The van der Waals surface area contributed by atoms with Crippen LogP contribution in [-0.2, 0) is 4.79 Å². The maximum absolute atomic E-state index is 10.9. The quantitative estimate of drug-likeness (QED) is 0.769. The van der Waals surface area contributed by atoms with Crippen molar-refractivity contribution in [2.75, 3.05) is 11.9 Å². The average molecular weight is 263 g/mol. The Labute approximate surface area is 101 Å². The standard InChI is InChI=1S/C9H8Cl2N2O3/c10-4-1-5(9(15)16)8(6(11)2-4)13-3-7(12)14/h1-2,13H,3H2,(H2,12,14)(H,15,16). The molecule has 0 heterocycles. The maximum atomic E-state index is 10.9. The Morgan fingerprint density at radius 1 is 1.38 bits per heavy atom. The second-order valence-electron chi connectivity index (χ2n) is 2.94. The van der Waals surface area contributed by atoms with E-state index in [0.717, 1.165) is 0 Å². The number of primary amides is 1. The first-order valence-electron chi connectivity index (χ1n) is 4.16. The number of nitrogens with one attached hydrogen (secondary N) is 1. The first-order chi connectivity index (χ1) is 7.41. The van der Waals surface area contributed by atoms with Crippen LogP contribution in [0.25, 0.3) is 0 Å². The van der Waals surface area contributed by atoms with Crippen LogP contribution in [0.5, 0.6) is 0 Å². The molecule has 0 unspecified atom stereocenters. The molecule has 0 aliphatic carbocycles. The Bertz CT molecular complexity index is 449. The minimum Gasteiger partial charge on any atom is -0.478 e. The SMILES string of the molecule is NC(=O)CNc1c(Cl)cc(Cl)cc1C(=O)O. The normalized spacial score (nSPS) is 9.88. The van der Waals surface area contributed by atoms with Crippen LogP contribution < -0.4 is 11.1 Å². The van der Waals surface area contributed by atoms with Gasteiger partial charge in [-0.1, -0.05) is 23.2 Å². The van der Waals surface area contributed by atoms with Gasteiger partial charge < -0.3 is 16.2 Å². The van der Waals surface area contributed by atoms with Crippen LogP contribution in [0.3, 0.4) is 0 Å². The Morgan fingerprint density at radius 3 is 2.50 bits per heavy atom. The van der Waals surface area contributed by atoms with Crippen molar-refractivity contribution >= 4 is 40.8 Å². The van der Waals surface area contributed by atoms with Crippen molar-refractivity contribution < 1.29 is 14.7 Å². The van der Waals surface area contributed by atoms with Gasteiger partial charge in [0, 0.05) is 5.02 Å². The lowest BCUT2D eigenvalue weighted by Crippen LogP contribution is -2.23. The van der Waals surface area contributed by atoms with Crippen LogP contribution in [0.1, 0.15) is 10.4 Å². The van der Waals surface area contributed by atoms with E-state index in [1.54, 1.807) is 0 Å². The molecular weight excluding hydrogens is 255 g/mol. The minimum absolute atomic E-state index is 0.112. The molecular formula is C9H8Cl2N2O3. The van der Waals surface area contributed by atoms with Gasteiger partial charge in [0.15, 0.2) is 0 Å². The molecule has 4 N–H and O–H groups in total. The highest BCUT2D eigenvalue weighted by atomic mass is 35.5. The van der Waals surface area contributed by atoms with Crippen molar-refractivity contribution in [1.29, 1.82) is 0 Å². The smallest absolute Gasteiger partial charge is 0.337 e. The Hall–Kier alpha value is -1.46. The van der Waals surface area contributed by atoms with Gasteiger partial charge in [-0.3, -0.25) is 4.79 Å². The highest BCUT2D eigenvalue weighted by Crippen LogP contribution is 2.30. The van der Waals surface area contributed by atoms with Gasteiger partial charge in [-0.25, -0.2) is 4.79 Å². The molecule has 5 nitrogen and oxygen atoms in total.